The van der Waals surface area contributed by atoms with Gasteiger partial charge in [0.15, 0.2) is 0 Å². The van der Waals surface area contributed by atoms with Crippen LogP contribution in [0.1, 0.15) is 27.2 Å². The first-order valence-corrected chi connectivity index (χ1v) is 3.77. The van der Waals surface area contributed by atoms with E-state index in [1.807, 2.05) is 0 Å². The molecule has 0 heterocycles. The average molecular weight is 140 g/mol. The third-order valence-electron chi connectivity index (χ3n) is 1.60. The molecule has 0 aliphatic heterocycles. The Balaban J connectivity index is 3.83. The van der Waals surface area contributed by atoms with Crippen LogP contribution in [0.3, 0.4) is 0 Å². The van der Waals surface area contributed by atoms with Gasteiger partial charge in [0.25, 0.3) is 0 Å². The largest absolute Gasteiger partial charge is 0.327 e. The van der Waals surface area contributed by atoms with E-state index < -0.39 is 0 Å². The third kappa shape index (κ3) is 3.67. The molecule has 0 aromatic rings. The van der Waals surface area contributed by atoms with Gasteiger partial charge in [-0.05, 0) is 26.2 Å². The summed E-state index contributed by atoms with van der Waals surface area (Å²) in [4.78, 5) is 0. The zero-order chi connectivity index (χ0) is 8.15. The minimum absolute atomic E-state index is 0.218. The van der Waals surface area contributed by atoms with Crippen LogP contribution >= 0.6 is 0 Å². The lowest BCUT2D eigenvalue weighted by atomic mass is 9.98. The van der Waals surface area contributed by atoms with Crippen LogP contribution in [0.2, 0.25) is 0 Å². The minimum Gasteiger partial charge on any atom is -0.327 e. The first-order valence-electron chi connectivity index (χ1n) is 3.77. The van der Waals surface area contributed by atoms with Gasteiger partial charge in [-0.15, -0.1) is 0 Å². The molecule has 1 nitrogen and oxygen atoms in total. The highest BCUT2D eigenvalue weighted by atomic mass is 14.6. The van der Waals surface area contributed by atoms with Crippen LogP contribution in [-0.4, -0.2) is 6.04 Å². The van der Waals surface area contributed by atoms with Crippen molar-refractivity contribution < 1.29 is 0 Å². The van der Waals surface area contributed by atoms with Gasteiger partial charge in [-0.25, -0.2) is 0 Å². The Bertz CT molecular complexity index is 112. The second kappa shape index (κ2) is 4.51. The summed E-state index contributed by atoms with van der Waals surface area (Å²) in [7, 11) is 0. The lowest BCUT2D eigenvalue weighted by Gasteiger charge is -2.14. The molecule has 10 heavy (non-hydrogen) atoms. The second-order valence-corrected chi connectivity index (χ2v) is 3.06. The van der Waals surface area contributed by atoms with E-state index in [1.54, 1.807) is 0 Å². The molecule has 59 valence electrons. The average Bonchev–Trinajstić information content (AvgIpc) is 1.85. The lowest BCUT2D eigenvalue weighted by molar-refractivity contribution is 0.540. The van der Waals surface area contributed by atoms with Crippen LogP contribution in [0.15, 0.2) is 11.6 Å². The summed E-state index contributed by atoms with van der Waals surface area (Å²) >= 11 is 0. The smallest absolute Gasteiger partial charge is 0.00993 e. The van der Waals surface area contributed by atoms with E-state index in [1.165, 1.54) is 5.57 Å². The molecule has 0 aromatic heterocycles. The molecule has 0 bridgehead atoms. The van der Waals surface area contributed by atoms with Crippen molar-refractivity contribution in [2.75, 3.05) is 0 Å². The fourth-order valence-corrected chi connectivity index (χ4v) is 0.912. The molecular formula is C9H18N. The maximum atomic E-state index is 5.76. The Morgan fingerprint density at radius 2 is 2.10 bits per heavy atom. The van der Waals surface area contributed by atoms with Crippen molar-refractivity contribution in [2.45, 2.75) is 33.2 Å². The summed E-state index contributed by atoms with van der Waals surface area (Å²) in [5.41, 5.74) is 7.09. The van der Waals surface area contributed by atoms with Crippen molar-refractivity contribution in [1.29, 1.82) is 0 Å². The molecule has 0 saturated carbocycles. The van der Waals surface area contributed by atoms with E-state index in [2.05, 4.69) is 33.8 Å². The zero-order valence-electron chi connectivity index (χ0n) is 7.22. The van der Waals surface area contributed by atoms with Crippen molar-refractivity contribution in [3.63, 3.8) is 0 Å². The van der Waals surface area contributed by atoms with Gasteiger partial charge in [-0.2, -0.15) is 0 Å². The molecule has 2 atom stereocenters. The molecule has 0 aromatic carbocycles. The summed E-state index contributed by atoms with van der Waals surface area (Å²) in [5.74, 6) is 0.461. The second-order valence-electron chi connectivity index (χ2n) is 3.06. The minimum atomic E-state index is 0.218. The Hall–Kier alpha value is -0.300. The van der Waals surface area contributed by atoms with Crippen molar-refractivity contribution in [3.05, 3.63) is 18.6 Å². The predicted octanol–water partition coefficient (Wildman–Crippen LogP) is 2.14. The Labute approximate surface area is 64.3 Å². The van der Waals surface area contributed by atoms with E-state index in [-0.39, 0.29) is 6.04 Å². The van der Waals surface area contributed by atoms with Crippen LogP contribution in [0, 0.1) is 12.8 Å². The van der Waals surface area contributed by atoms with Gasteiger partial charge >= 0.3 is 0 Å². The van der Waals surface area contributed by atoms with Crippen LogP contribution in [0.4, 0.5) is 0 Å². The fourth-order valence-electron chi connectivity index (χ4n) is 0.912. The van der Waals surface area contributed by atoms with Crippen LogP contribution < -0.4 is 5.73 Å². The van der Waals surface area contributed by atoms with Crippen molar-refractivity contribution in [2.24, 2.45) is 11.7 Å². The topological polar surface area (TPSA) is 26.0 Å². The normalized spacial score (nSPS) is 16.1. The number of allylic oxidation sites excluding steroid dienone is 1. The van der Waals surface area contributed by atoms with Gasteiger partial charge in [-0.1, -0.05) is 25.5 Å². The predicted molar refractivity (Wildman–Crippen MR) is 46.5 cm³/mol. The van der Waals surface area contributed by atoms with E-state index >= 15 is 0 Å². The van der Waals surface area contributed by atoms with Gasteiger partial charge in [0, 0.05) is 6.04 Å². The number of hydrogen-bond acceptors (Lipinski definition) is 1. The maximum Gasteiger partial charge on any atom is 0.00993 e. The molecule has 0 rings (SSSR count). The molecule has 0 amide bonds. The van der Waals surface area contributed by atoms with Gasteiger partial charge in [0.1, 0.15) is 0 Å². The third-order valence-corrected chi connectivity index (χ3v) is 1.60. The standard InChI is InChI=1S/C9H18N/c1-5-9(10)8(4)6-7(2)3/h6,8-9H,1,5,10H2,2-4H3. The van der Waals surface area contributed by atoms with E-state index in [0.717, 1.165) is 6.42 Å². The fraction of sp³-hybridized carbons (Fsp3) is 0.667. The molecule has 0 fully saturated rings. The van der Waals surface area contributed by atoms with Gasteiger partial charge in [0.2, 0.25) is 0 Å². The Kier molecular flexibility index (Phi) is 4.37. The lowest BCUT2D eigenvalue weighted by Crippen LogP contribution is -2.25. The van der Waals surface area contributed by atoms with Crippen molar-refractivity contribution in [1.82, 2.24) is 0 Å². The van der Waals surface area contributed by atoms with E-state index in [9.17, 15) is 0 Å². The van der Waals surface area contributed by atoms with E-state index in [4.69, 9.17) is 5.73 Å². The van der Waals surface area contributed by atoms with Crippen LogP contribution in [-0.2, 0) is 0 Å². The van der Waals surface area contributed by atoms with Crippen molar-refractivity contribution >= 4 is 0 Å². The van der Waals surface area contributed by atoms with Gasteiger partial charge < -0.3 is 5.73 Å². The van der Waals surface area contributed by atoms with Crippen molar-refractivity contribution in [3.8, 4) is 0 Å². The summed E-state index contributed by atoms with van der Waals surface area (Å²) in [6, 6.07) is 0.218. The van der Waals surface area contributed by atoms with E-state index in [0.29, 0.717) is 5.92 Å². The summed E-state index contributed by atoms with van der Waals surface area (Å²) in [6.45, 7) is 10.1. The molecule has 2 N–H and O–H groups in total. The quantitative estimate of drug-likeness (QED) is 0.597. The highest BCUT2D eigenvalue weighted by Gasteiger charge is 2.05. The first-order chi connectivity index (χ1) is 4.57. The number of rotatable bonds is 3. The Morgan fingerprint density at radius 1 is 1.60 bits per heavy atom. The van der Waals surface area contributed by atoms with Gasteiger partial charge in [0.05, 0.1) is 0 Å². The molecular weight excluding hydrogens is 122 g/mol. The molecule has 0 spiro atoms. The summed E-state index contributed by atoms with van der Waals surface area (Å²) in [6.07, 6.45) is 3.00. The van der Waals surface area contributed by atoms with Crippen LogP contribution in [0.5, 0.6) is 0 Å². The molecule has 1 heteroatoms. The highest BCUT2D eigenvalue weighted by molar-refractivity contribution is 4.99. The molecule has 1 radical (unpaired) electrons. The summed E-state index contributed by atoms with van der Waals surface area (Å²) < 4.78 is 0. The number of hydrogen-bond donors (Lipinski definition) is 1. The monoisotopic (exact) mass is 140 g/mol. The zero-order valence-corrected chi connectivity index (χ0v) is 7.22. The molecule has 2 unspecified atom stereocenters. The van der Waals surface area contributed by atoms with Crippen LogP contribution in [0.25, 0.3) is 0 Å². The molecule has 0 aliphatic rings. The number of nitrogens with two attached hydrogens (primary N) is 1. The highest BCUT2D eigenvalue weighted by Crippen LogP contribution is 2.07. The van der Waals surface area contributed by atoms with Gasteiger partial charge in [-0.3, -0.25) is 0 Å². The molecule has 0 saturated heterocycles. The summed E-state index contributed by atoms with van der Waals surface area (Å²) in [5, 5.41) is 0. The SMILES string of the molecule is [CH2]CC(N)C(C)C=C(C)C. The Morgan fingerprint density at radius 3 is 2.40 bits per heavy atom. The molecule has 0 aliphatic carbocycles. The maximum absolute atomic E-state index is 5.76. The first kappa shape index (κ1) is 9.70.